The van der Waals surface area contributed by atoms with Gasteiger partial charge in [-0.25, -0.2) is 19.3 Å². The summed E-state index contributed by atoms with van der Waals surface area (Å²) in [5.74, 6) is -0.745. The Balaban J connectivity index is 1.65. The summed E-state index contributed by atoms with van der Waals surface area (Å²) in [7, 11) is 0. The number of alkyl halides is 3. The monoisotopic (exact) mass is 511 g/mol. The Morgan fingerprint density at radius 1 is 0.778 bits per heavy atom. The molecule has 0 unspecified atom stereocenters. The van der Waals surface area contributed by atoms with Crippen molar-refractivity contribution >= 4 is 24.3 Å². The van der Waals surface area contributed by atoms with Gasteiger partial charge < -0.3 is 9.80 Å². The van der Waals surface area contributed by atoms with Gasteiger partial charge in [0.1, 0.15) is 17.5 Å². The molecule has 1 aliphatic heterocycles. The molecule has 3 heterocycles. The molecule has 1 aliphatic rings. The molecule has 0 aliphatic carbocycles. The zero-order valence-corrected chi connectivity index (χ0v) is 19.8. The molecule has 2 aromatic heterocycles. The number of piperazine rings is 1. The van der Waals surface area contributed by atoms with Crippen LogP contribution in [0.4, 0.5) is 29.2 Å². The molecule has 2 aromatic carbocycles. The molecule has 0 atom stereocenters. The Bertz CT molecular complexity index is 1360. The topological polar surface area (TPSA) is 45.2 Å². The summed E-state index contributed by atoms with van der Waals surface area (Å²) < 4.78 is 55.5. The molecule has 1 saturated heterocycles. The average Bonchev–Trinajstić information content (AvgIpc) is 2.88. The van der Waals surface area contributed by atoms with Crippen molar-refractivity contribution in [3.63, 3.8) is 0 Å². The summed E-state index contributed by atoms with van der Waals surface area (Å²) in [4.78, 5) is 16.9. The van der Waals surface area contributed by atoms with Crippen molar-refractivity contribution in [2.75, 3.05) is 36.0 Å². The minimum atomic E-state index is -4.76. The van der Waals surface area contributed by atoms with E-state index < -0.39 is 17.8 Å². The molecular weight excluding hydrogens is 490 g/mol. The van der Waals surface area contributed by atoms with Crippen LogP contribution >= 0.6 is 12.6 Å². The van der Waals surface area contributed by atoms with E-state index in [1.807, 2.05) is 23.1 Å². The van der Waals surface area contributed by atoms with Crippen LogP contribution in [0.5, 0.6) is 0 Å². The van der Waals surface area contributed by atoms with Crippen LogP contribution in [-0.4, -0.2) is 41.1 Å². The number of anilines is 2. The van der Waals surface area contributed by atoms with Crippen molar-refractivity contribution in [2.24, 2.45) is 0 Å². The highest BCUT2D eigenvalue weighted by Gasteiger charge is 2.38. The number of nitrogens with zero attached hydrogens (tertiary/aromatic N) is 5. The number of thiol groups is 1. The predicted molar refractivity (Wildman–Crippen MR) is 134 cm³/mol. The number of hydrogen-bond acceptors (Lipinski definition) is 6. The van der Waals surface area contributed by atoms with Crippen LogP contribution in [0.15, 0.2) is 77.8 Å². The van der Waals surface area contributed by atoms with E-state index in [-0.39, 0.29) is 11.5 Å². The van der Waals surface area contributed by atoms with Crippen LogP contribution in [0.3, 0.4) is 0 Å². The van der Waals surface area contributed by atoms with Crippen molar-refractivity contribution in [2.45, 2.75) is 11.1 Å². The lowest BCUT2D eigenvalue weighted by atomic mass is 9.98. The van der Waals surface area contributed by atoms with Crippen LogP contribution in [-0.2, 0) is 6.18 Å². The fraction of sp³-hybridized carbons (Fsp3) is 0.192. The summed E-state index contributed by atoms with van der Waals surface area (Å²) in [6, 6.07) is 18.0. The lowest BCUT2D eigenvalue weighted by Gasteiger charge is -2.37. The lowest BCUT2D eigenvalue weighted by Crippen LogP contribution is -2.47. The standard InChI is InChI=1S/C26H21F4N5S/c27-19-9-7-17(8-10-19)23-22(18-4-3-5-20(36)16-18)24(33-25(32-23)26(28,29)30)35-14-12-34(13-15-35)21-6-1-2-11-31-21/h1-11,16,36H,12-15H2. The fourth-order valence-electron chi connectivity index (χ4n) is 4.24. The Kier molecular flexibility index (Phi) is 6.53. The number of hydrogen-bond donors (Lipinski definition) is 1. The smallest absolute Gasteiger partial charge is 0.353 e. The Labute approximate surface area is 210 Å². The molecular formula is C26H21F4N5S. The highest BCUT2D eigenvalue weighted by Crippen LogP contribution is 2.41. The number of aromatic nitrogens is 3. The average molecular weight is 512 g/mol. The van der Waals surface area contributed by atoms with Gasteiger partial charge in [-0.05, 0) is 54.1 Å². The molecule has 0 N–H and O–H groups in total. The van der Waals surface area contributed by atoms with Gasteiger partial charge in [0, 0.05) is 42.8 Å². The van der Waals surface area contributed by atoms with E-state index >= 15 is 0 Å². The Morgan fingerprint density at radius 3 is 2.14 bits per heavy atom. The molecule has 184 valence electrons. The third-order valence-corrected chi connectivity index (χ3v) is 6.23. The summed E-state index contributed by atoms with van der Waals surface area (Å²) in [5, 5.41) is 0. The van der Waals surface area contributed by atoms with Gasteiger partial charge in [-0.2, -0.15) is 13.2 Å². The van der Waals surface area contributed by atoms with Gasteiger partial charge in [0.05, 0.1) is 11.3 Å². The molecule has 0 saturated carbocycles. The van der Waals surface area contributed by atoms with Gasteiger partial charge in [-0.3, -0.25) is 0 Å². The highest BCUT2D eigenvalue weighted by molar-refractivity contribution is 7.80. The van der Waals surface area contributed by atoms with Gasteiger partial charge in [-0.1, -0.05) is 18.2 Å². The van der Waals surface area contributed by atoms with Crippen molar-refractivity contribution in [3.8, 4) is 22.4 Å². The van der Waals surface area contributed by atoms with Gasteiger partial charge in [0.2, 0.25) is 5.82 Å². The number of rotatable bonds is 4. The quantitative estimate of drug-likeness (QED) is 0.270. The van der Waals surface area contributed by atoms with Crippen LogP contribution in [0, 0.1) is 5.82 Å². The van der Waals surface area contributed by atoms with E-state index in [1.54, 1.807) is 30.5 Å². The van der Waals surface area contributed by atoms with E-state index in [4.69, 9.17) is 0 Å². The first-order valence-corrected chi connectivity index (χ1v) is 11.7. The van der Waals surface area contributed by atoms with Gasteiger partial charge >= 0.3 is 6.18 Å². The van der Waals surface area contributed by atoms with Crippen molar-refractivity contribution in [1.29, 1.82) is 0 Å². The van der Waals surface area contributed by atoms with Crippen molar-refractivity contribution in [3.05, 3.63) is 84.6 Å². The molecule has 0 bridgehead atoms. The van der Waals surface area contributed by atoms with E-state index in [1.165, 1.54) is 24.3 Å². The zero-order valence-electron chi connectivity index (χ0n) is 19.0. The van der Waals surface area contributed by atoms with E-state index in [0.29, 0.717) is 47.8 Å². The summed E-state index contributed by atoms with van der Waals surface area (Å²) in [5.41, 5.74) is 1.50. The third-order valence-electron chi connectivity index (χ3n) is 5.95. The van der Waals surface area contributed by atoms with Crippen LogP contribution in [0.1, 0.15) is 5.82 Å². The first kappa shape index (κ1) is 24.1. The molecule has 5 nitrogen and oxygen atoms in total. The second kappa shape index (κ2) is 9.77. The fourth-order valence-corrected chi connectivity index (χ4v) is 4.46. The second-order valence-electron chi connectivity index (χ2n) is 8.31. The van der Waals surface area contributed by atoms with Crippen molar-refractivity contribution in [1.82, 2.24) is 15.0 Å². The maximum atomic E-state index is 13.9. The van der Waals surface area contributed by atoms with Gasteiger partial charge in [0.15, 0.2) is 0 Å². The van der Waals surface area contributed by atoms with Crippen LogP contribution in [0.25, 0.3) is 22.4 Å². The van der Waals surface area contributed by atoms with Gasteiger partial charge in [-0.15, -0.1) is 12.6 Å². The first-order valence-electron chi connectivity index (χ1n) is 11.2. The molecule has 0 spiro atoms. The number of benzene rings is 2. The Morgan fingerprint density at radius 2 is 1.50 bits per heavy atom. The molecule has 36 heavy (non-hydrogen) atoms. The third kappa shape index (κ3) is 4.99. The lowest BCUT2D eigenvalue weighted by molar-refractivity contribution is -0.144. The molecule has 4 aromatic rings. The molecule has 0 radical (unpaired) electrons. The van der Waals surface area contributed by atoms with Crippen molar-refractivity contribution < 1.29 is 17.6 Å². The summed E-state index contributed by atoms with van der Waals surface area (Å²) >= 11 is 4.42. The van der Waals surface area contributed by atoms with E-state index in [0.717, 1.165) is 5.82 Å². The minimum absolute atomic E-state index is 0.0819. The molecule has 5 rings (SSSR count). The number of pyridine rings is 1. The normalized spacial score (nSPS) is 14.2. The first-order chi connectivity index (χ1) is 17.3. The summed E-state index contributed by atoms with van der Waals surface area (Å²) in [6.45, 7) is 1.98. The largest absolute Gasteiger partial charge is 0.451 e. The Hall–Kier alpha value is -3.66. The maximum Gasteiger partial charge on any atom is 0.451 e. The SMILES string of the molecule is Fc1ccc(-c2nc(C(F)(F)F)nc(N3CCN(c4ccccn4)CC3)c2-c2cccc(S)c2)cc1. The minimum Gasteiger partial charge on any atom is -0.353 e. The predicted octanol–water partition coefficient (Wildman–Crippen LogP) is 5.98. The number of halogens is 4. The zero-order chi connectivity index (χ0) is 25.3. The highest BCUT2D eigenvalue weighted by atomic mass is 32.1. The van der Waals surface area contributed by atoms with Crippen LogP contribution < -0.4 is 9.80 Å². The summed E-state index contributed by atoms with van der Waals surface area (Å²) in [6.07, 6.45) is -3.05. The van der Waals surface area contributed by atoms with Crippen LogP contribution in [0.2, 0.25) is 0 Å². The van der Waals surface area contributed by atoms with E-state index in [2.05, 4.69) is 32.5 Å². The van der Waals surface area contributed by atoms with E-state index in [9.17, 15) is 17.6 Å². The molecule has 10 heteroatoms. The molecule has 0 amide bonds. The second-order valence-corrected chi connectivity index (χ2v) is 8.83. The molecule has 1 fully saturated rings. The van der Waals surface area contributed by atoms with Gasteiger partial charge in [0.25, 0.3) is 0 Å². The maximum absolute atomic E-state index is 13.9.